The van der Waals surface area contributed by atoms with E-state index >= 15 is 0 Å². The van der Waals surface area contributed by atoms with Crippen LogP contribution in [0, 0.1) is 20.8 Å². The lowest BCUT2D eigenvalue weighted by atomic mass is 10.1. The molecule has 0 aliphatic carbocycles. The molecule has 1 aromatic carbocycles. The maximum atomic E-state index is 9.88. The molecule has 7 nitrogen and oxygen atoms in total. The SMILES string of the molecule is Cc1ccc([C@H](C)N(C)c2nnc(-c3ccc(-n4cnc(C)c4)c(CO)n3)cc2C)cc1. The second kappa shape index (κ2) is 8.88. The van der Waals surface area contributed by atoms with E-state index in [0.29, 0.717) is 17.1 Å². The van der Waals surface area contributed by atoms with E-state index in [-0.39, 0.29) is 12.6 Å². The van der Waals surface area contributed by atoms with Gasteiger partial charge in [0.15, 0.2) is 5.82 Å². The van der Waals surface area contributed by atoms with E-state index < -0.39 is 0 Å². The average Bonchev–Trinajstić information content (AvgIpc) is 3.24. The number of aryl methyl sites for hydroxylation is 3. The quantitative estimate of drug-likeness (QED) is 0.492. The Bertz CT molecular complexity index is 1230. The molecule has 0 saturated carbocycles. The highest BCUT2D eigenvalue weighted by Crippen LogP contribution is 2.28. The van der Waals surface area contributed by atoms with E-state index in [1.807, 2.05) is 49.9 Å². The van der Waals surface area contributed by atoms with E-state index in [4.69, 9.17) is 0 Å². The zero-order chi connectivity index (χ0) is 22.8. The second-order valence-corrected chi connectivity index (χ2v) is 8.18. The van der Waals surface area contributed by atoms with Gasteiger partial charge in [0.05, 0.1) is 41.7 Å². The van der Waals surface area contributed by atoms with Crippen LogP contribution in [-0.2, 0) is 6.61 Å². The largest absolute Gasteiger partial charge is 0.390 e. The average molecular weight is 429 g/mol. The first-order valence-electron chi connectivity index (χ1n) is 10.6. The maximum Gasteiger partial charge on any atom is 0.154 e. The Balaban J connectivity index is 1.62. The minimum atomic E-state index is -0.179. The van der Waals surface area contributed by atoms with Crippen LogP contribution in [-0.4, -0.2) is 36.9 Å². The summed E-state index contributed by atoms with van der Waals surface area (Å²) in [6.07, 6.45) is 3.62. The van der Waals surface area contributed by atoms with Gasteiger partial charge in [-0.15, -0.1) is 10.2 Å². The molecule has 3 heterocycles. The number of hydrogen-bond acceptors (Lipinski definition) is 6. The summed E-state index contributed by atoms with van der Waals surface area (Å²) in [5.74, 6) is 0.828. The molecule has 4 rings (SSSR count). The van der Waals surface area contributed by atoms with Crippen molar-refractivity contribution in [1.82, 2.24) is 24.7 Å². The Labute approximate surface area is 188 Å². The van der Waals surface area contributed by atoms with Crippen molar-refractivity contribution in [3.8, 4) is 17.1 Å². The molecule has 4 aromatic rings. The van der Waals surface area contributed by atoms with E-state index in [2.05, 4.69) is 63.2 Å². The van der Waals surface area contributed by atoms with Gasteiger partial charge < -0.3 is 14.6 Å². The van der Waals surface area contributed by atoms with E-state index in [9.17, 15) is 5.11 Å². The van der Waals surface area contributed by atoms with Crippen LogP contribution in [0.5, 0.6) is 0 Å². The van der Waals surface area contributed by atoms with Gasteiger partial charge in [0.2, 0.25) is 0 Å². The number of imidazole rings is 1. The highest BCUT2D eigenvalue weighted by molar-refractivity contribution is 5.60. The zero-order valence-electron chi connectivity index (χ0n) is 19.1. The van der Waals surface area contributed by atoms with Crippen molar-refractivity contribution in [2.24, 2.45) is 0 Å². The second-order valence-electron chi connectivity index (χ2n) is 8.18. The number of hydrogen-bond donors (Lipinski definition) is 1. The van der Waals surface area contributed by atoms with Crippen LogP contribution in [0.3, 0.4) is 0 Å². The molecule has 0 radical (unpaired) electrons. The van der Waals surface area contributed by atoms with Gasteiger partial charge in [-0.1, -0.05) is 29.8 Å². The summed E-state index contributed by atoms with van der Waals surface area (Å²) in [5.41, 5.74) is 7.09. The van der Waals surface area contributed by atoms with Gasteiger partial charge in [-0.25, -0.2) is 9.97 Å². The number of anilines is 1. The van der Waals surface area contributed by atoms with Crippen molar-refractivity contribution in [3.63, 3.8) is 0 Å². The Morgan fingerprint density at radius 2 is 1.75 bits per heavy atom. The zero-order valence-corrected chi connectivity index (χ0v) is 19.1. The molecule has 164 valence electrons. The first-order chi connectivity index (χ1) is 15.4. The summed E-state index contributed by atoms with van der Waals surface area (Å²) < 4.78 is 1.86. The fourth-order valence-electron chi connectivity index (χ4n) is 3.75. The number of nitrogens with zero attached hydrogens (tertiary/aromatic N) is 6. The lowest BCUT2D eigenvalue weighted by molar-refractivity contribution is 0.276. The standard InChI is InChI=1S/C25H28N6O/c1-16-6-8-20(9-7-16)19(4)30(5)25-17(2)12-22(28-29-25)21-10-11-24(23(14-32)27-21)31-13-18(3)26-15-31/h6-13,15,19,32H,14H2,1-5H3/t19-/m0/s1. The lowest BCUT2D eigenvalue weighted by Crippen LogP contribution is -2.24. The molecular weight excluding hydrogens is 400 g/mol. The van der Waals surface area contributed by atoms with Gasteiger partial charge in [0, 0.05) is 13.2 Å². The topological polar surface area (TPSA) is 80.0 Å². The molecule has 0 unspecified atom stereocenters. The predicted octanol–water partition coefficient (Wildman–Crippen LogP) is 4.34. The van der Waals surface area contributed by atoms with Gasteiger partial charge in [-0.3, -0.25) is 0 Å². The number of benzene rings is 1. The Morgan fingerprint density at radius 1 is 1.00 bits per heavy atom. The first-order valence-corrected chi connectivity index (χ1v) is 10.6. The van der Waals surface area contributed by atoms with Crippen molar-refractivity contribution < 1.29 is 5.11 Å². The monoisotopic (exact) mass is 428 g/mol. The molecule has 0 bridgehead atoms. The van der Waals surface area contributed by atoms with Crippen molar-refractivity contribution in [2.45, 2.75) is 40.3 Å². The molecule has 0 saturated heterocycles. The summed E-state index contributed by atoms with van der Waals surface area (Å²) in [6.45, 7) is 8.02. The number of aliphatic hydroxyl groups is 1. The minimum Gasteiger partial charge on any atom is -0.390 e. The molecule has 1 atom stereocenters. The fraction of sp³-hybridized carbons (Fsp3) is 0.280. The molecule has 0 amide bonds. The molecule has 1 N–H and O–H groups in total. The van der Waals surface area contributed by atoms with Crippen LogP contribution in [0.15, 0.2) is 55.0 Å². The van der Waals surface area contributed by atoms with Crippen LogP contribution in [0.1, 0.15) is 41.0 Å². The third kappa shape index (κ3) is 4.24. The summed E-state index contributed by atoms with van der Waals surface area (Å²) in [4.78, 5) is 11.0. The van der Waals surface area contributed by atoms with Gasteiger partial charge in [-0.05, 0) is 57.0 Å². The summed E-state index contributed by atoms with van der Waals surface area (Å²) in [6, 6.07) is 14.5. The number of aromatic nitrogens is 5. The normalized spacial score (nSPS) is 12.1. The van der Waals surface area contributed by atoms with E-state index in [1.54, 1.807) is 6.33 Å². The van der Waals surface area contributed by atoms with Crippen molar-refractivity contribution in [1.29, 1.82) is 0 Å². The molecule has 0 fully saturated rings. The van der Waals surface area contributed by atoms with Gasteiger partial charge in [0.25, 0.3) is 0 Å². The van der Waals surface area contributed by atoms with Crippen molar-refractivity contribution in [3.05, 3.63) is 83.1 Å². The highest BCUT2D eigenvalue weighted by atomic mass is 16.3. The highest BCUT2D eigenvalue weighted by Gasteiger charge is 2.17. The maximum absolute atomic E-state index is 9.88. The summed E-state index contributed by atoms with van der Waals surface area (Å²) in [5, 5.41) is 18.8. The number of pyridine rings is 1. The molecular formula is C25H28N6O. The fourth-order valence-corrected chi connectivity index (χ4v) is 3.75. The molecule has 0 aliphatic rings. The van der Waals surface area contributed by atoms with Crippen LogP contribution < -0.4 is 4.90 Å². The van der Waals surface area contributed by atoms with Crippen LogP contribution >= 0.6 is 0 Å². The van der Waals surface area contributed by atoms with E-state index in [1.165, 1.54) is 11.1 Å². The lowest BCUT2D eigenvalue weighted by Gasteiger charge is -2.27. The number of rotatable bonds is 6. The molecule has 32 heavy (non-hydrogen) atoms. The predicted molar refractivity (Wildman–Crippen MR) is 126 cm³/mol. The van der Waals surface area contributed by atoms with Crippen LogP contribution in [0.25, 0.3) is 17.1 Å². The minimum absolute atomic E-state index is 0.159. The Morgan fingerprint density at radius 3 is 2.38 bits per heavy atom. The van der Waals surface area contributed by atoms with E-state index in [0.717, 1.165) is 22.8 Å². The molecule has 0 spiro atoms. The molecule has 3 aromatic heterocycles. The summed E-state index contributed by atoms with van der Waals surface area (Å²) >= 11 is 0. The summed E-state index contributed by atoms with van der Waals surface area (Å²) in [7, 11) is 2.03. The smallest absolute Gasteiger partial charge is 0.154 e. The third-order valence-corrected chi connectivity index (χ3v) is 5.79. The van der Waals surface area contributed by atoms with Crippen molar-refractivity contribution in [2.75, 3.05) is 11.9 Å². The molecule has 7 heteroatoms. The third-order valence-electron chi connectivity index (χ3n) is 5.79. The van der Waals surface area contributed by atoms with Crippen molar-refractivity contribution >= 4 is 5.82 Å². The Kier molecular flexibility index (Phi) is 6.01. The Hall–Kier alpha value is -3.58. The number of aliphatic hydroxyl groups excluding tert-OH is 1. The van der Waals surface area contributed by atoms with Crippen LogP contribution in [0.4, 0.5) is 5.82 Å². The van der Waals surface area contributed by atoms with Gasteiger partial charge >= 0.3 is 0 Å². The van der Waals surface area contributed by atoms with Gasteiger partial charge in [-0.2, -0.15) is 0 Å². The first kappa shape index (κ1) is 21.6. The molecule has 0 aliphatic heterocycles. The van der Waals surface area contributed by atoms with Crippen LogP contribution in [0.2, 0.25) is 0 Å². The van der Waals surface area contributed by atoms with Gasteiger partial charge in [0.1, 0.15) is 5.69 Å².